The standard InChI is InChI=1S/C12H20O4/c1-4-5-10(13)15-12(9-6-7-9)16-11(14)8(2)3/h8-9,12H,4-7H2,1-3H3. The lowest BCUT2D eigenvalue weighted by molar-refractivity contribution is -0.194. The van der Waals surface area contributed by atoms with Crippen molar-refractivity contribution in [3.8, 4) is 0 Å². The number of rotatable bonds is 6. The van der Waals surface area contributed by atoms with Crippen LogP contribution in [0.5, 0.6) is 0 Å². The SMILES string of the molecule is CCCC(=O)OC(OC(=O)C(C)C)C1CC1. The summed E-state index contributed by atoms with van der Waals surface area (Å²) in [5.74, 6) is -0.563. The molecule has 0 aliphatic heterocycles. The molecule has 0 radical (unpaired) electrons. The van der Waals surface area contributed by atoms with Crippen LogP contribution in [0.2, 0.25) is 0 Å². The Hall–Kier alpha value is -1.06. The van der Waals surface area contributed by atoms with Crippen molar-refractivity contribution in [1.82, 2.24) is 0 Å². The summed E-state index contributed by atoms with van der Waals surface area (Å²) in [7, 11) is 0. The van der Waals surface area contributed by atoms with Gasteiger partial charge in [-0.05, 0) is 19.3 Å². The fraction of sp³-hybridized carbons (Fsp3) is 0.833. The first-order valence-electron chi connectivity index (χ1n) is 5.94. The molecular formula is C12H20O4. The first-order chi connectivity index (χ1) is 7.54. The molecule has 0 aromatic carbocycles. The molecule has 0 aromatic rings. The lowest BCUT2D eigenvalue weighted by Crippen LogP contribution is -2.28. The van der Waals surface area contributed by atoms with Crippen molar-refractivity contribution < 1.29 is 19.1 Å². The number of hydrogen-bond donors (Lipinski definition) is 0. The maximum Gasteiger partial charge on any atom is 0.311 e. The highest BCUT2D eigenvalue weighted by atomic mass is 16.7. The molecule has 1 atom stereocenters. The molecule has 1 fully saturated rings. The number of ether oxygens (including phenoxy) is 2. The molecule has 0 heterocycles. The van der Waals surface area contributed by atoms with Gasteiger partial charge in [-0.25, -0.2) is 0 Å². The van der Waals surface area contributed by atoms with E-state index in [1.807, 2.05) is 6.92 Å². The van der Waals surface area contributed by atoms with Gasteiger partial charge in [0.15, 0.2) is 0 Å². The van der Waals surface area contributed by atoms with Crippen LogP contribution < -0.4 is 0 Å². The number of carbonyl (C=O) groups is 2. The highest BCUT2D eigenvalue weighted by Gasteiger charge is 2.37. The molecule has 92 valence electrons. The summed E-state index contributed by atoms with van der Waals surface area (Å²) in [6.07, 6.45) is 2.40. The summed E-state index contributed by atoms with van der Waals surface area (Å²) >= 11 is 0. The molecule has 1 rings (SSSR count). The van der Waals surface area contributed by atoms with Crippen molar-refractivity contribution in [3.63, 3.8) is 0 Å². The van der Waals surface area contributed by atoms with Gasteiger partial charge in [0.05, 0.1) is 5.92 Å². The Morgan fingerprint density at radius 1 is 1.25 bits per heavy atom. The van der Waals surface area contributed by atoms with Crippen LogP contribution in [0.1, 0.15) is 46.5 Å². The third-order valence-corrected chi connectivity index (χ3v) is 2.41. The van der Waals surface area contributed by atoms with Crippen molar-refractivity contribution >= 4 is 11.9 Å². The third kappa shape index (κ3) is 4.21. The van der Waals surface area contributed by atoms with E-state index in [9.17, 15) is 9.59 Å². The summed E-state index contributed by atoms with van der Waals surface area (Å²) in [6.45, 7) is 5.44. The summed E-state index contributed by atoms with van der Waals surface area (Å²) in [6, 6.07) is 0. The largest absolute Gasteiger partial charge is 0.425 e. The maximum atomic E-state index is 11.4. The molecule has 0 N–H and O–H groups in total. The van der Waals surface area contributed by atoms with Gasteiger partial charge in [0.1, 0.15) is 0 Å². The predicted molar refractivity (Wildman–Crippen MR) is 58.4 cm³/mol. The van der Waals surface area contributed by atoms with Gasteiger partial charge >= 0.3 is 11.9 Å². The number of esters is 2. The molecule has 1 unspecified atom stereocenters. The second-order valence-electron chi connectivity index (χ2n) is 4.54. The number of hydrogen-bond acceptors (Lipinski definition) is 4. The van der Waals surface area contributed by atoms with Gasteiger partial charge in [-0.3, -0.25) is 9.59 Å². The van der Waals surface area contributed by atoms with E-state index >= 15 is 0 Å². The van der Waals surface area contributed by atoms with Gasteiger partial charge < -0.3 is 9.47 Å². The van der Waals surface area contributed by atoms with Crippen molar-refractivity contribution in [2.45, 2.75) is 52.7 Å². The van der Waals surface area contributed by atoms with Crippen LogP contribution in [0, 0.1) is 11.8 Å². The van der Waals surface area contributed by atoms with E-state index in [4.69, 9.17) is 9.47 Å². The van der Waals surface area contributed by atoms with E-state index in [2.05, 4.69) is 0 Å². The Morgan fingerprint density at radius 2 is 1.88 bits per heavy atom. The second-order valence-corrected chi connectivity index (χ2v) is 4.54. The van der Waals surface area contributed by atoms with E-state index in [1.54, 1.807) is 13.8 Å². The molecule has 1 aliphatic carbocycles. The van der Waals surface area contributed by atoms with Gasteiger partial charge in [0, 0.05) is 12.3 Å². The number of carbonyl (C=O) groups excluding carboxylic acids is 2. The van der Waals surface area contributed by atoms with Crippen LogP contribution in [0.15, 0.2) is 0 Å². The molecule has 0 aromatic heterocycles. The molecule has 16 heavy (non-hydrogen) atoms. The van der Waals surface area contributed by atoms with Crippen LogP contribution in [-0.2, 0) is 19.1 Å². The van der Waals surface area contributed by atoms with Gasteiger partial charge in [-0.1, -0.05) is 20.8 Å². The third-order valence-electron chi connectivity index (χ3n) is 2.41. The molecule has 0 amide bonds. The minimum atomic E-state index is -0.658. The summed E-state index contributed by atoms with van der Waals surface area (Å²) in [5.41, 5.74) is 0. The van der Waals surface area contributed by atoms with Crippen molar-refractivity contribution in [2.24, 2.45) is 11.8 Å². The fourth-order valence-electron chi connectivity index (χ4n) is 1.23. The van der Waals surface area contributed by atoms with Crippen LogP contribution in [0.25, 0.3) is 0 Å². The molecule has 1 aliphatic rings. The van der Waals surface area contributed by atoms with E-state index in [-0.39, 0.29) is 23.8 Å². The zero-order valence-electron chi connectivity index (χ0n) is 10.2. The Kier molecular flexibility index (Phi) is 4.77. The van der Waals surface area contributed by atoms with E-state index in [1.165, 1.54) is 0 Å². The first kappa shape index (κ1) is 13.0. The summed E-state index contributed by atoms with van der Waals surface area (Å²) in [4.78, 5) is 22.7. The minimum absolute atomic E-state index is 0.189. The van der Waals surface area contributed by atoms with Gasteiger partial charge in [-0.15, -0.1) is 0 Å². The average molecular weight is 228 g/mol. The van der Waals surface area contributed by atoms with Crippen LogP contribution >= 0.6 is 0 Å². The summed E-state index contributed by atoms with van der Waals surface area (Å²) in [5, 5.41) is 0. The van der Waals surface area contributed by atoms with Gasteiger partial charge in [0.25, 0.3) is 0 Å². The average Bonchev–Trinajstić information content (AvgIpc) is 2.99. The van der Waals surface area contributed by atoms with E-state index in [0.29, 0.717) is 6.42 Å². The van der Waals surface area contributed by atoms with Gasteiger partial charge in [-0.2, -0.15) is 0 Å². The summed E-state index contributed by atoms with van der Waals surface area (Å²) < 4.78 is 10.3. The topological polar surface area (TPSA) is 52.6 Å². The maximum absolute atomic E-state index is 11.4. The lowest BCUT2D eigenvalue weighted by atomic mass is 10.2. The van der Waals surface area contributed by atoms with Crippen LogP contribution in [0.3, 0.4) is 0 Å². The van der Waals surface area contributed by atoms with Crippen molar-refractivity contribution in [2.75, 3.05) is 0 Å². The van der Waals surface area contributed by atoms with Crippen LogP contribution in [0.4, 0.5) is 0 Å². The zero-order chi connectivity index (χ0) is 12.1. The fourth-order valence-corrected chi connectivity index (χ4v) is 1.23. The molecule has 4 nitrogen and oxygen atoms in total. The van der Waals surface area contributed by atoms with Gasteiger partial charge in [0.2, 0.25) is 6.29 Å². The normalized spacial score (nSPS) is 17.0. The monoisotopic (exact) mass is 228 g/mol. The Labute approximate surface area is 96.3 Å². The lowest BCUT2D eigenvalue weighted by Gasteiger charge is -2.18. The van der Waals surface area contributed by atoms with Crippen molar-refractivity contribution in [1.29, 1.82) is 0 Å². The highest BCUT2D eigenvalue weighted by Crippen LogP contribution is 2.35. The second kappa shape index (κ2) is 5.87. The highest BCUT2D eigenvalue weighted by molar-refractivity contribution is 5.72. The smallest absolute Gasteiger partial charge is 0.311 e. The Balaban J connectivity index is 2.41. The Bertz CT molecular complexity index is 256. The molecule has 4 heteroatoms. The van der Waals surface area contributed by atoms with Crippen LogP contribution in [-0.4, -0.2) is 18.2 Å². The molecule has 0 saturated heterocycles. The Morgan fingerprint density at radius 3 is 2.31 bits per heavy atom. The van der Waals surface area contributed by atoms with Crippen molar-refractivity contribution in [3.05, 3.63) is 0 Å². The minimum Gasteiger partial charge on any atom is -0.425 e. The molecule has 0 spiro atoms. The molecular weight excluding hydrogens is 208 g/mol. The zero-order valence-corrected chi connectivity index (χ0v) is 10.2. The predicted octanol–water partition coefficient (Wildman–Crippen LogP) is 2.27. The van der Waals surface area contributed by atoms with E-state index in [0.717, 1.165) is 19.3 Å². The van der Waals surface area contributed by atoms with E-state index < -0.39 is 6.29 Å². The molecule has 1 saturated carbocycles. The molecule has 0 bridgehead atoms. The quantitative estimate of drug-likeness (QED) is 0.517. The first-order valence-corrected chi connectivity index (χ1v) is 5.94.